The van der Waals surface area contributed by atoms with Crippen LogP contribution >= 0.6 is 11.6 Å². The lowest BCUT2D eigenvalue weighted by molar-refractivity contribution is -0.121. The molecule has 0 aromatic heterocycles. The number of unbranched alkanes of at least 4 members (excludes halogenated alkanes) is 3. The Morgan fingerprint density at radius 2 is 1.54 bits per heavy atom. The molecule has 0 aliphatic heterocycles. The Morgan fingerprint density at radius 3 is 2.21 bits per heavy atom. The molecule has 0 aliphatic carbocycles. The van der Waals surface area contributed by atoms with Crippen LogP contribution in [0.4, 0.5) is 0 Å². The number of nitrogens with two attached hydrogens (primary N) is 1. The minimum absolute atomic E-state index is 0.0755. The summed E-state index contributed by atoms with van der Waals surface area (Å²) in [4.78, 5) is 12.3. The van der Waals surface area contributed by atoms with Crippen molar-refractivity contribution >= 4 is 17.5 Å². The van der Waals surface area contributed by atoms with Crippen LogP contribution in [0.25, 0.3) is 0 Å². The Kier molecular flexibility index (Phi) is 7.80. The number of benzene rings is 2. The van der Waals surface area contributed by atoms with Crippen molar-refractivity contribution in [2.45, 2.75) is 38.1 Å². The molecule has 0 aliphatic rings. The highest BCUT2D eigenvalue weighted by atomic mass is 35.5. The molecule has 0 heterocycles. The molecular weight excluding hydrogens is 320 g/mol. The normalized spacial score (nSPS) is 11.9. The maximum absolute atomic E-state index is 12.3. The van der Waals surface area contributed by atoms with Gasteiger partial charge in [0.15, 0.2) is 0 Å². The van der Waals surface area contributed by atoms with Gasteiger partial charge in [-0.3, -0.25) is 4.79 Å². The van der Waals surface area contributed by atoms with Gasteiger partial charge in [-0.1, -0.05) is 66.9 Å². The molecule has 0 fully saturated rings. The first-order valence-electron chi connectivity index (χ1n) is 8.50. The summed E-state index contributed by atoms with van der Waals surface area (Å²) >= 11 is 5.98. The topological polar surface area (TPSA) is 55.1 Å². The molecule has 0 saturated heterocycles. The van der Waals surface area contributed by atoms with E-state index in [4.69, 9.17) is 17.3 Å². The predicted octanol–water partition coefficient (Wildman–Crippen LogP) is 4.45. The van der Waals surface area contributed by atoms with E-state index in [1.165, 1.54) is 0 Å². The molecule has 3 nitrogen and oxygen atoms in total. The van der Waals surface area contributed by atoms with Crippen molar-refractivity contribution in [3.05, 3.63) is 70.7 Å². The maximum Gasteiger partial charge on any atom is 0.220 e. The fourth-order valence-corrected chi connectivity index (χ4v) is 2.80. The molecule has 2 aromatic carbocycles. The minimum Gasteiger partial charge on any atom is -0.345 e. The highest BCUT2D eigenvalue weighted by molar-refractivity contribution is 6.30. The van der Waals surface area contributed by atoms with E-state index < -0.39 is 0 Å². The zero-order chi connectivity index (χ0) is 17.2. The van der Waals surface area contributed by atoms with Gasteiger partial charge >= 0.3 is 0 Å². The lowest BCUT2D eigenvalue weighted by Crippen LogP contribution is -2.29. The highest BCUT2D eigenvalue weighted by Gasteiger charge is 2.16. The number of carbonyl (C=O) groups is 1. The molecule has 2 aromatic rings. The molecule has 0 saturated carbocycles. The lowest BCUT2D eigenvalue weighted by Gasteiger charge is -2.20. The van der Waals surface area contributed by atoms with Crippen LogP contribution in [0, 0.1) is 0 Å². The summed E-state index contributed by atoms with van der Waals surface area (Å²) in [6.07, 6.45) is 4.60. The van der Waals surface area contributed by atoms with Crippen molar-refractivity contribution in [1.29, 1.82) is 0 Å². The summed E-state index contributed by atoms with van der Waals surface area (Å²) in [6.45, 7) is 0.721. The van der Waals surface area contributed by atoms with Gasteiger partial charge in [-0.05, 0) is 42.6 Å². The first kappa shape index (κ1) is 18.5. The maximum atomic E-state index is 12.3. The molecule has 1 unspecified atom stereocenters. The van der Waals surface area contributed by atoms with Crippen molar-refractivity contribution in [3.8, 4) is 0 Å². The summed E-state index contributed by atoms with van der Waals surface area (Å²) in [5.74, 6) is 0.0755. The molecular formula is C20H25ClN2O. The molecule has 2 rings (SSSR count). The van der Waals surface area contributed by atoms with Crippen molar-refractivity contribution in [3.63, 3.8) is 0 Å². The first-order chi connectivity index (χ1) is 11.7. The Hall–Kier alpha value is -1.84. The van der Waals surface area contributed by atoms with E-state index in [1.54, 1.807) is 0 Å². The SMILES string of the molecule is NCCCCCCC(=O)NC(c1ccccc1)c1ccc(Cl)cc1. The number of hydrogen-bond acceptors (Lipinski definition) is 2. The van der Waals surface area contributed by atoms with Crippen molar-refractivity contribution in [2.75, 3.05) is 6.54 Å². The van der Waals surface area contributed by atoms with Crippen molar-refractivity contribution in [1.82, 2.24) is 5.32 Å². The van der Waals surface area contributed by atoms with E-state index >= 15 is 0 Å². The number of nitrogens with one attached hydrogen (secondary N) is 1. The van der Waals surface area contributed by atoms with Gasteiger partial charge in [-0.2, -0.15) is 0 Å². The molecule has 24 heavy (non-hydrogen) atoms. The zero-order valence-electron chi connectivity index (χ0n) is 13.9. The van der Waals surface area contributed by atoms with Crippen LogP contribution in [0.15, 0.2) is 54.6 Å². The quantitative estimate of drug-likeness (QED) is 0.660. The van der Waals surface area contributed by atoms with Crippen LogP contribution in [-0.4, -0.2) is 12.5 Å². The monoisotopic (exact) mass is 344 g/mol. The lowest BCUT2D eigenvalue weighted by atomic mass is 9.98. The molecule has 0 bridgehead atoms. The molecule has 3 N–H and O–H groups in total. The van der Waals surface area contributed by atoms with Crippen molar-refractivity contribution < 1.29 is 4.79 Å². The molecule has 128 valence electrons. The molecule has 1 atom stereocenters. The van der Waals surface area contributed by atoms with Crippen molar-refractivity contribution in [2.24, 2.45) is 5.73 Å². The first-order valence-corrected chi connectivity index (χ1v) is 8.88. The number of halogens is 1. The Bertz CT molecular complexity index is 613. The van der Waals surface area contributed by atoms with E-state index in [1.807, 2.05) is 54.6 Å². The van der Waals surface area contributed by atoms with Gasteiger partial charge in [-0.25, -0.2) is 0 Å². The molecule has 1 amide bonds. The van der Waals surface area contributed by atoms with E-state index in [-0.39, 0.29) is 11.9 Å². The van der Waals surface area contributed by atoms with Crippen LogP contribution in [0.5, 0.6) is 0 Å². The van der Waals surface area contributed by atoms with Crippen LogP contribution in [-0.2, 0) is 4.79 Å². The average molecular weight is 345 g/mol. The summed E-state index contributed by atoms with van der Waals surface area (Å²) in [7, 11) is 0. The van der Waals surface area contributed by atoms with Gasteiger partial charge in [0.05, 0.1) is 6.04 Å². The van der Waals surface area contributed by atoms with Crippen LogP contribution in [0.2, 0.25) is 5.02 Å². The summed E-state index contributed by atoms with van der Waals surface area (Å²) < 4.78 is 0. The largest absolute Gasteiger partial charge is 0.345 e. The summed E-state index contributed by atoms with van der Waals surface area (Å²) in [5, 5.41) is 3.84. The van der Waals surface area contributed by atoms with Gasteiger partial charge < -0.3 is 11.1 Å². The van der Waals surface area contributed by atoms with Crippen LogP contribution < -0.4 is 11.1 Å². The van der Waals surface area contributed by atoms with Gasteiger partial charge in [0.25, 0.3) is 0 Å². The number of hydrogen-bond donors (Lipinski definition) is 2. The standard InChI is InChI=1S/C20H25ClN2O/c21-18-13-11-17(12-14-18)20(16-8-4-3-5-9-16)23-19(24)10-6-1-2-7-15-22/h3-5,8-9,11-14,20H,1-2,6-7,10,15,22H2,(H,23,24). The molecule has 4 heteroatoms. The third kappa shape index (κ3) is 5.99. The van der Waals surface area contributed by atoms with Crippen LogP contribution in [0.1, 0.15) is 49.3 Å². The molecule has 0 spiro atoms. The van der Waals surface area contributed by atoms with Gasteiger partial charge in [0.1, 0.15) is 0 Å². The van der Waals surface area contributed by atoms with Crippen LogP contribution in [0.3, 0.4) is 0 Å². The second-order valence-electron chi connectivity index (χ2n) is 5.92. The highest BCUT2D eigenvalue weighted by Crippen LogP contribution is 2.23. The van der Waals surface area contributed by atoms with E-state index in [2.05, 4.69) is 5.32 Å². The minimum atomic E-state index is -0.153. The Balaban J connectivity index is 2.01. The van der Waals surface area contributed by atoms with E-state index in [0.717, 1.165) is 43.4 Å². The number of rotatable bonds is 9. The van der Waals surface area contributed by atoms with E-state index in [0.29, 0.717) is 11.4 Å². The van der Waals surface area contributed by atoms with Gasteiger partial charge in [0, 0.05) is 11.4 Å². The summed E-state index contributed by atoms with van der Waals surface area (Å²) in [6, 6.07) is 17.5. The fourth-order valence-electron chi connectivity index (χ4n) is 2.68. The number of amides is 1. The Labute approximate surface area is 149 Å². The second kappa shape index (κ2) is 10.1. The summed E-state index contributed by atoms with van der Waals surface area (Å²) in [5.41, 5.74) is 7.58. The fraction of sp³-hybridized carbons (Fsp3) is 0.350. The predicted molar refractivity (Wildman–Crippen MR) is 100 cm³/mol. The zero-order valence-corrected chi connectivity index (χ0v) is 14.6. The van der Waals surface area contributed by atoms with Gasteiger partial charge in [-0.15, -0.1) is 0 Å². The Morgan fingerprint density at radius 1 is 0.917 bits per heavy atom. The van der Waals surface area contributed by atoms with Gasteiger partial charge in [0.2, 0.25) is 5.91 Å². The van der Waals surface area contributed by atoms with E-state index in [9.17, 15) is 4.79 Å². The smallest absolute Gasteiger partial charge is 0.220 e. The number of carbonyl (C=O) groups excluding carboxylic acids is 1. The molecule has 0 radical (unpaired) electrons. The average Bonchev–Trinajstić information content (AvgIpc) is 2.61. The third-order valence-corrected chi connectivity index (χ3v) is 4.25. The third-order valence-electron chi connectivity index (χ3n) is 4.00. The second-order valence-corrected chi connectivity index (χ2v) is 6.35.